The molecule has 3 atom stereocenters. The standard InChI is InChI=1S/C12H22N2O3/c1-9(13-10-3-2-4-11(10)15)12(16)14-5-7-17-8-6-14/h9-11,13,15H,2-8H2,1H3/t9?,10-,11-/m0/s1. The number of carbonyl (C=O) groups excluding carboxylic acids is 1. The van der Waals surface area contributed by atoms with Crippen LogP contribution in [0.4, 0.5) is 0 Å². The van der Waals surface area contributed by atoms with Gasteiger partial charge in [-0.2, -0.15) is 0 Å². The number of ether oxygens (including phenoxy) is 1. The predicted molar refractivity (Wildman–Crippen MR) is 63.6 cm³/mol. The normalized spacial score (nSPS) is 31.5. The lowest BCUT2D eigenvalue weighted by molar-refractivity contribution is -0.137. The Morgan fingerprint density at radius 3 is 2.71 bits per heavy atom. The molecule has 0 aromatic rings. The monoisotopic (exact) mass is 242 g/mol. The minimum atomic E-state index is -0.296. The van der Waals surface area contributed by atoms with Crippen molar-refractivity contribution in [2.75, 3.05) is 26.3 Å². The molecule has 2 rings (SSSR count). The van der Waals surface area contributed by atoms with Gasteiger partial charge in [0.05, 0.1) is 25.4 Å². The van der Waals surface area contributed by atoms with Crippen LogP contribution in [0.15, 0.2) is 0 Å². The Hall–Kier alpha value is -0.650. The first-order chi connectivity index (χ1) is 8.18. The van der Waals surface area contributed by atoms with Gasteiger partial charge in [-0.1, -0.05) is 0 Å². The fourth-order valence-corrected chi connectivity index (χ4v) is 2.58. The van der Waals surface area contributed by atoms with Gasteiger partial charge in [0, 0.05) is 19.1 Å². The number of aliphatic hydroxyl groups excluding tert-OH is 1. The van der Waals surface area contributed by atoms with Crippen molar-refractivity contribution in [1.82, 2.24) is 10.2 Å². The summed E-state index contributed by atoms with van der Waals surface area (Å²) in [6.07, 6.45) is 2.55. The lowest BCUT2D eigenvalue weighted by Gasteiger charge is -2.31. The summed E-state index contributed by atoms with van der Waals surface area (Å²) in [6, 6.07) is -0.138. The van der Waals surface area contributed by atoms with E-state index in [9.17, 15) is 9.90 Å². The summed E-state index contributed by atoms with van der Waals surface area (Å²) in [7, 11) is 0. The molecule has 5 heteroatoms. The highest BCUT2D eigenvalue weighted by molar-refractivity contribution is 5.81. The minimum absolute atomic E-state index is 0.0787. The van der Waals surface area contributed by atoms with Crippen LogP contribution < -0.4 is 5.32 Å². The second-order valence-electron chi connectivity index (χ2n) is 4.93. The minimum Gasteiger partial charge on any atom is -0.392 e. The first-order valence-electron chi connectivity index (χ1n) is 6.49. The molecule has 0 radical (unpaired) electrons. The molecule has 5 nitrogen and oxygen atoms in total. The molecule has 98 valence electrons. The molecule has 1 amide bonds. The number of rotatable bonds is 3. The molecule has 1 aliphatic heterocycles. The fraction of sp³-hybridized carbons (Fsp3) is 0.917. The SMILES string of the molecule is CC(N[C@H]1CCC[C@@H]1O)C(=O)N1CCOCC1. The second-order valence-corrected chi connectivity index (χ2v) is 4.93. The smallest absolute Gasteiger partial charge is 0.239 e. The fourth-order valence-electron chi connectivity index (χ4n) is 2.58. The number of nitrogens with zero attached hydrogens (tertiary/aromatic N) is 1. The summed E-state index contributed by atoms with van der Waals surface area (Å²) in [5, 5.41) is 13.0. The Morgan fingerprint density at radius 2 is 2.12 bits per heavy atom. The van der Waals surface area contributed by atoms with Crippen molar-refractivity contribution >= 4 is 5.91 Å². The summed E-state index contributed by atoms with van der Waals surface area (Å²) >= 11 is 0. The Kier molecular flexibility index (Phi) is 4.36. The Bertz CT molecular complexity index is 266. The molecule has 1 unspecified atom stereocenters. The van der Waals surface area contributed by atoms with Crippen molar-refractivity contribution in [2.24, 2.45) is 0 Å². The van der Waals surface area contributed by atoms with E-state index < -0.39 is 0 Å². The predicted octanol–water partition coefficient (Wildman–Crippen LogP) is -0.263. The van der Waals surface area contributed by atoms with Crippen LogP contribution >= 0.6 is 0 Å². The molecule has 0 bridgehead atoms. The van der Waals surface area contributed by atoms with E-state index >= 15 is 0 Å². The third-order valence-electron chi connectivity index (χ3n) is 3.64. The van der Waals surface area contributed by atoms with Gasteiger partial charge in [0.15, 0.2) is 0 Å². The maximum absolute atomic E-state index is 12.1. The number of carbonyl (C=O) groups is 1. The molecule has 0 spiro atoms. The van der Waals surface area contributed by atoms with Crippen molar-refractivity contribution in [3.8, 4) is 0 Å². The van der Waals surface area contributed by atoms with Gasteiger partial charge >= 0.3 is 0 Å². The molecule has 1 heterocycles. The van der Waals surface area contributed by atoms with E-state index in [0.29, 0.717) is 26.3 Å². The van der Waals surface area contributed by atoms with E-state index in [4.69, 9.17) is 4.74 Å². The van der Waals surface area contributed by atoms with Gasteiger partial charge in [0.2, 0.25) is 5.91 Å². The van der Waals surface area contributed by atoms with E-state index in [1.165, 1.54) is 0 Å². The zero-order valence-corrected chi connectivity index (χ0v) is 10.4. The molecule has 2 fully saturated rings. The van der Waals surface area contributed by atoms with Crippen molar-refractivity contribution in [2.45, 2.75) is 44.4 Å². The third-order valence-corrected chi connectivity index (χ3v) is 3.64. The zero-order chi connectivity index (χ0) is 12.3. The van der Waals surface area contributed by atoms with E-state index in [0.717, 1.165) is 19.3 Å². The summed E-state index contributed by atoms with van der Waals surface area (Å²) in [6.45, 7) is 4.49. The third kappa shape index (κ3) is 3.18. The van der Waals surface area contributed by atoms with E-state index in [-0.39, 0.29) is 24.1 Å². The van der Waals surface area contributed by atoms with Gasteiger partial charge in [0.1, 0.15) is 0 Å². The molecular weight excluding hydrogens is 220 g/mol. The van der Waals surface area contributed by atoms with Gasteiger partial charge in [-0.15, -0.1) is 0 Å². The van der Waals surface area contributed by atoms with Crippen molar-refractivity contribution in [3.05, 3.63) is 0 Å². The van der Waals surface area contributed by atoms with Crippen LogP contribution in [0.3, 0.4) is 0 Å². The average Bonchev–Trinajstić information content (AvgIpc) is 2.75. The largest absolute Gasteiger partial charge is 0.392 e. The molecule has 1 saturated carbocycles. The summed E-state index contributed by atoms with van der Waals surface area (Å²) in [5.74, 6) is 0.118. The summed E-state index contributed by atoms with van der Waals surface area (Å²) in [4.78, 5) is 14.0. The molecule has 17 heavy (non-hydrogen) atoms. The van der Waals surface area contributed by atoms with Crippen LogP contribution in [0.25, 0.3) is 0 Å². The zero-order valence-electron chi connectivity index (χ0n) is 10.4. The van der Waals surface area contributed by atoms with E-state index in [1.54, 1.807) is 0 Å². The Labute approximate surface area is 102 Å². The first-order valence-corrected chi connectivity index (χ1v) is 6.49. The number of aliphatic hydroxyl groups is 1. The van der Waals surface area contributed by atoms with Gasteiger partial charge in [-0.3, -0.25) is 4.79 Å². The van der Waals surface area contributed by atoms with Crippen molar-refractivity contribution in [3.63, 3.8) is 0 Å². The first kappa shape index (κ1) is 12.8. The molecule has 2 N–H and O–H groups in total. The molecule has 1 aliphatic carbocycles. The molecule has 1 saturated heterocycles. The average molecular weight is 242 g/mol. The highest BCUT2D eigenvalue weighted by Gasteiger charge is 2.29. The number of hydrogen-bond donors (Lipinski definition) is 2. The van der Waals surface area contributed by atoms with E-state index in [2.05, 4.69) is 5.32 Å². The number of amides is 1. The van der Waals surface area contributed by atoms with Crippen LogP contribution in [-0.2, 0) is 9.53 Å². The maximum atomic E-state index is 12.1. The van der Waals surface area contributed by atoms with E-state index in [1.807, 2.05) is 11.8 Å². The van der Waals surface area contributed by atoms with Gasteiger partial charge < -0.3 is 20.1 Å². The highest BCUT2D eigenvalue weighted by atomic mass is 16.5. The molecule has 2 aliphatic rings. The maximum Gasteiger partial charge on any atom is 0.239 e. The molecule has 0 aromatic carbocycles. The van der Waals surface area contributed by atoms with Crippen molar-refractivity contribution in [1.29, 1.82) is 0 Å². The van der Waals surface area contributed by atoms with Crippen LogP contribution in [0, 0.1) is 0 Å². The van der Waals surface area contributed by atoms with Crippen LogP contribution in [0.1, 0.15) is 26.2 Å². The van der Waals surface area contributed by atoms with Crippen molar-refractivity contribution < 1.29 is 14.6 Å². The van der Waals surface area contributed by atoms with Gasteiger partial charge in [0.25, 0.3) is 0 Å². The molecule has 0 aromatic heterocycles. The van der Waals surface area contributed by atoms with Gasteiger partial charge in [-0.05, 0) is 26.2 Å². The lowest BCUT2D eigenvalue weighted by atomic mass is 10.1. The topological polar surface area (TPSA) is 61.8 Å². The number of hydrogen-bond acceptors (Lipinski definition) is 4. The second kappa shape index (κ2) is 5.80. The molecular formula is C12H22N2O3. The lowest BCUT2D eigenvalue weighted by Crippen LogP contribution is -2.52. The summed E-state index contributed by atoms with van der Waals surface area (Å²) in [5.41, 5.74) is 0. The number of nitrogens with one attached hydrogen (secondary N) is 1. The van der Waals surface area contributed by atoms with Crippen LogP contribution in [-0.4, -0.2) is 60.4 Å². The van der Waals surface area contributed by atoms with Crippen LogP contribution in [0.2, 0.25) is 0 Å². The quantitative estimate of drug-likeness (QED) is 0.715. The highest BCUT2D eigenvalue weighted by Crippen LogP contribution is 2.19. The Morgan fingerprint density at radius 1 is 1.41 bits per heavy atom. The summed E-state index contributed by atoms with van der Waals surface area (Å²) < 4.78 is 5.23. The number of morpholine rings is 1. The van der Waals surface area contributed by atoms with Gasteiger partial charge in [-0.25, -0.2) is 0 Å². The Balaban J connectivity index is 1.81. The van der Waals surface area contributed by atoms with Crippen LogP contribution in [0.5, 0.6) is 0 Å².